The summed E-state index contributed by atoms with van der Waals surface area (Å²) < 4.78 is 10.4. The van der Waals surface area contributed by atoms with Crippen LogP contribution in [0.4, 0.5) is 0 Å². The fourth-order valence-electron chi connectivity index (χ4n) is 4.41. The number of aromatic amines is 1. The quantitative estimate of drug-likeness (QED) is 0.597. The van der Waals surface area contributed by atoms with Crippen molar-refractivity contribution >= 4 is 50.7 Å². The maximum Gasteiger partial charge on any atom is 0.256 e. The van der Waals surface area contributed by atoms with Crippen molar-refractivity contribution in [2.24, 2.45) is 5.92 Å². The standard InChI is InChI=1S/C22H21Cl2N3O3S/c1-10(12-8-30-9-12)14-5-17(23)13-3-4-27(22(29)18(13)19(14)24)7-16-20-15(6-25-31-20)11(2)26-21(16)28/h5-6,10,12H,3-4,7-9H2,1-2H3,(H,26,28). The smallest absolute Gasteiger partial charge is 0.256 e. The van der Waals surface area contributed by atoms with E-state index in [9.17, 15) is 9.59 Å². The number of carbonyl (C=O) groups is 1. The average Bonchev–Trinajstić information content (AvgIpc) is 3.17. The van der Waals surface area contributed by atoms with Crippen molar-refractivity contribution < 1.29 is 9.53 Å². The number of aryl methyl sites for hydroxylation is 1. The zero-order chi connectivity index (χ0) is 21.9. The Morgan fingerprint density at radius 2 is 2.13 bits per heavy atom. The molecule has 2 aliphatic rings. The summed E-state index contributed by atoms with van der Waals surface area (Å²) in [5.74, 6) is 0.320. The number of halogens is 2. The molecule has 0 saturated carbocycles. The predicted molar refractivity (Wildman–Crippen MR) is 123 cm³/mol. The van der Waals surface area contributed by atoms with Gasteiger partial charge in [-0.3, -0.25) is 9.59 Å². The van der Waals surface area contributed by atoms with Gasteiger partial charge in [0.2, 0.25) is 0 Å². The fourth-order valence-corrected chi connectivity index (χ4v) is 5.97. The van der Waals surface area contributed by atoms with Crippen LogP contribution in [-0.2, 0) is 17.7 Å². The molecule has 1 N–H and O–H groups in total. The van der Waals surface area contributed by atoms with Crippen LogP contribution in [0.1, 0.15) is 45.6 Å². The Labute approximate surface area is 193 Å². The summed E-state index contributed by atoms with van der Waals surface area (Å²) >= 11 is 14.6. The van der Waals surface area contributed by atoms with Crippen LogP contribution in [0.2, 0.25) is 10.0 Å². The maximum atomic E-state index is 13.5. The summed E-state index contributed by atoms with van der Waals surface area (Å²) in [4.78, 5) is 30.8. The largest absolute Gasteiger partial charge is 0.381 e. The van der Waals surface area contributed by atoms with Gasteiger partial charge in [-0.1, -0.05) is 30.1 Å². The highest BCUT2D eigenvalue weighted by Gasteiger charge is 2.34. The van der Waals surface area contributed by atoms with Gasteiger partial charge in [0.15, 0.2) is 0 Å². The third-order valence-corrected chi connectivity index (χ3v) is 8.12. The first kappa shape index (κ1) is 20.9. The van der Waals surface area contributed by atoms with E-state index in [1.54, 1.807) is 11.1 Å². The molecule has 1 unspecified atom stereocenters. The first-order valence-corrected chi connectivity index (χ1v) is 11.7. The van der Waals surface area contributed by atoms with Gasteiger partial charge in [0.1, 0.15) is 0 Å². The van der Waals surface area contributed by atoms with Gasteiger partial charge in [-0.25, -0.2) is 0 Å². The summed E-state index contributed by atoms with van der Waals surface area (Å²) in [6.45, 7) is 5.99. The number of amides is 1. The van der Waals surface area contributed by atoms with Crippen molar-refractivity contribution in [1.29, 1.82) is 0 Å². The molecule has 0 bridgehead atoms. The van der Waals surface area contributed by atoms with Crippen LogP contribution >= 0.6 is 34.7 Å². The number of H-pyrrole nitrogens is 1. The number of nitrogens with one attached hydrogen (secondary N) is 1. The minimum atomic E-state index is -0.190. The second kappa shape index (κ2) is 7.89. The molecule has 2 aromatic heterocycles. The molecule has 9 heteroatoms. The topological polar surface area (TPSA) is 75.3 Å². The lowest BCUT2D eigenvalue weighted by atomic mass is 9.84. The van der Waals surface area contributed by atoms with Crippen LogP contribution < -0.4 is 5.56 Å². The Hall–Kier alpha value is -1.93. The van der Waals surface area contributed by atoms with Crippen molar-refractivity contribution in [2.75, 3.05) is 19.8 Å². The molecular weight excluding hydrogens is 457 g/mol. The Morgan fingerprint density at radius 3 is 2.84 bits per heavy atom. The average molecular weight is 478 g/mol. The van der Waals surface area contributed by atoms with Gasteiger partial charge in [-0.15, -0.1) is 0 Å². The fraction of sp³-hybridized carbons (Fsp3) is 0.409. The summed E-state index contributed by atoms with van der Waals surface area (Å²) in [5, 5.41) is 1.95. The summed E-state index contributed by atoms with van der Waals surface area (Å²) in [6, 6.07) is 1.90. The van der Waals surface area contributed by atoms with Crippen LogP contribution in [-0.4, -0.2) is 39.9 Å². The molecule has 0 radical (unpaired) electrons. The van der Waals surface area contributed by atoms with Gasteiger partial charge in [0, 0.05) is 28.6 Å². The molecule has 5 rings (SSSR count). The first-order valence-electron chi connectivity index (χ1n) is 10.2. The molecule has 0 spiro atoms. The predicted octanol–water partition coefficient (Wildman–Crippen LogP) is 4.55. The van der Waals surface area contributed by atoms with E-state index < -0.39 is 0 Å². The molecule has 31 heavy (non-hydrogen) atoms. The number of rotatable bonds is 4. The second-order valence-electron chi connectivity index (χ2n) is 8.30. The number of benzene rings is 1. The van der Waals surface area contributed by atoms with E-state index in [2.05, 4.69) is 16.3 Å². The first-order chi connectivity index (χ1) is 14.9. The highest BCUT2D eigenvalue weighted by atomic mass is 35.5. The zero-order valence-corrected chi connectivity index (χ0v) is 19.5. The van der Waals surface area contributed by atoms with Crippen LogP contribution in [0.25, 0.3) is 10.1 Å². The van der Waals surface area contributed by atoms with Crippen LogP contribution in [0, 0.1) is 12.8 Å². The molecule has 1 amide bonds. The highest BCUT2D eigenvalue weighted by molar-refractivity contribution is 7.13. The van der Waals surface area contributed by atoms with E-state index in [4.69, 9.17) is 27.9 Å². The Bertz CT molecular complexity index is 1270. The monoisotopic (exact) mass is 477 g/mol. The van der Waals surface area contributed by atoms with Gasteiger partial charge in [-0.05, 0) is 48.0 Å². The Morgan fingerprint density at radius 1 is 1.35 bits per heavy atom. The van der Waals surface area contributed by atoms with Crippen LogP contribution in [0.15, 0.2) is 17.1 Å². The third kappa shape index (κ3) is 3.39. The number of hydrogen-bond acceptors (Lipinski definition) is 5. The molecule has 2 aliphatic heterocycles. The summed E-state index contributed by atoms with van der Waals surface area (Å²) in [5.41, 5.74) is 3.27. The van der Waals surface area contributed by atoms with Gasteiger partial charge in [0.25, 0.3) is 11.5 Å². The Balaban J connectivity index is 1.53. The molecular formula is C22H21Cl2N3O3S. The van der Waals surface area contributed by atoms with E-state index in [0.717, 1.165) is 26.9 Å². The normalized spacial score (nSPS) is 17.7. The van der Waals surface area contributed by atoms with Gasteiger partial charge in [0.05, 0.1) is 46.8 Å². The van der Waals surface area contributed by atoms with Gasteiger partial charge < -0.3 is 14.6 Å². The van der Waals surface area contributed by atoms with Crippen LogP contribution in [0.3, 0.4) is 0 Å². The highest BCUT2D eigenvalue weighted by Crippen LogP contribution is 2.41. The van der Waals surface area contributed by atoms with Crippen molar-refractivity contribution in [3.8, 4) is 0 Å². The molecule has 0 aliphatic carbocycles. The summed E-state index contributed by atoms with van der Waals surface area (Å²) in [6.07, 6.45) is 2.34. The van der Waals surface area contributed by atoms with E-state index in [1.165, 1.54) is 11.5 Å². The molecule has 1 fully saturated rings. The van der Waals surface area contributed by atoms with Crippen molar-refractivity contribution in [3.63, 3.8) is 0 Å². The number of ether oxygens (including phenoxy) is 1. The second-order valence-corrected chi connectivity index (χ2v) is 9.89. The molecule has 162 valence electrons. The number of nitrogens with zero attached hydrogens (tertiary/aromatic N) is 2. The number of carbonyl (C=O) groups excluding carboxylic acids is 1. The minimum absolute atomic E-state index is 0.143. The molecule has 6 nitrogen and oxygen atoms in total. The van der Waals surface area contributed by atoms with E-state index in [0.29, 0.717) is 53.3 Å². The van der Waals surface area contributed by atoms with E-state index in [-0.39, 0.29) is 23.9 Å². The molecule has 1 atom stereocenters. The van der Waals surface area contributed by atoms with Gasteiger partial charge >= 0.3 is 0 Å². The lowest BCUT2D eigenvalue weighted by Crippen LogP contribution is -2.39. The lowest BCUT2D eigenvalue weighted by molar-refractivity contribution is -0.0423. The van der Waals surface area contributed by atoms with Crippen LogP contribution in [0.5, 0.6) is 0 Å². The molecule has 4 heterocycles. The maximum absolute atomic E-state index is 13.5. The molecule has 1 aromatic carbocycles. The number of aromatic nitrogens is 2. The van der Waals surface area contributed by atoms with Crippen molar-refractivity contribution in [3.05, 3.63) is 60.6 Å². The molecule has 3 aromatic rings. The zero-order valence-electron chi connectivity index (χ0n) is 17.1. The van der Waals surface area contributed by atoms with Crippen molar-refractivity contribution in [2.45, 2.75) is 32.7 Å². The van der Waals surface area contributed by atoms with E-state index >= 15 is 0 Å². The number of hydrogen-bond donors (Lipinski definition) is 1. The Kier molecular flexibility index (Phi) is 5.33. The number of pyridine rings is 1. The van der Waals surface area contributed by atoms with Crippen molar-refractivity contribution in [1.82, 2.24) is 14.3 Å². The SMILES string of the molecule is Cc1[nH]c(=O)c(CN2CCc3c(Cl)cc(C(C)C4COC4)c(Cl)c3C2=O)c2sncc12. The summed E-state index contributed by atoms with van der Waals surface area (Å²) in [7, 11) is 0. The minimum Gasteiger partial charge on any atom is -0.381 e. The van der Waals surface area contributed by atoms with E-state index in [1.807, 2.05) is 13.0 Å². The lowest BCUT2D eigenvalue weighted by Gasteiger charge is -2.34. The van der Waals surface area contributed by atoms with Gasteiger partial charge in [-0.2, -0.15) is 4.37 Å². The molecule has 1 saturated heterocycles. The third-order valence-electron chi connectivity index (χ3n) is 6.51. The number of fused-ring (bicyclic) bond motifs is 2.